The zero-order valence-electron chi connectivity index (χ0n) is 18.0. The third-order valence-electron chi connectivity index (χ3n) is 5.92. The van der Waals surface area contributed by atoms with Gasteiger partial charge < -0.3 is 9.80 Å². The van der Waals surface area contributed by atoms with Crippen LogP contribution < -0.4 is 0 Å². The molecule has 1 unspecified atom stereocenters. The highest BCUT2D eigenvalue weighted by Gasteiger charge is 2.29. The Morgan fingerprint density at radius 1 is 1.17 bits per heavy atom. The summed E-state index contributed by atoms with van der Waals surface area (Å²) in [5.41, 5.74) is 0.555. The zero-order chi connectivity index (χ0) is 21.6. The van der Waals surface area contributed by atoms with Crippen LogP contribution >= 0.6 is 0 Å². The fourth-order valence-electron chi connectivity index (χ4n) is 3.67. The molecule has 1 fully saturated rings. The van der Waals surface area contributed by atoms with Gasteiger partial charge in [0.05, 0.1) is 12.6 Å². The van der Waals surface area contributed by atoms with E-state index in [0.717, 1.165) is 44.4 Å². The van der Waals surface area contributed by atoms with Gasteiger partial charge in [0.2, 0.25) is 11.8 Å². The summed E-state index contributed by atoms with van der Waals surface area (Å²) in [6, 6.07) is 3.36. The molecule has 2 amide bonds. The maximum absolute atomic E-state index is 13.5. The number of hydrogen-bond donors (Lipinski definition) is 0. The Kier molecular flexibility index (Phi) is 8.56. The van der Waals surface area contributed by atoms with Gasteiger partial charge in [0.25, 0.3) is 0 Å². The average Bonchev–Trinajstić information content (AvgIpc) is 2.72. The standard InChI is InChI=1S/C22H33F2N3O2/c1-5-6-11-25(3)22(29)17-9-12-27(13-10-17)15-21(28)26(4)16(2)18-7-8-19(23)20(24)14-18/h7-8,14,16-17H,5-6,9-13,15H2,1-4H3. The Morgan fingerprint density at radius 2 is 1.83 bits per heavy atom. The summed E-state index contributed by atoms with van der Waals surface area (Å²) in [5, 5.41) is 0. The topological polar surface area (TPSA) is 43.9 Å². The van der Waals surface area contributed by atoms with Gasteiger partial charge in [0.15, 0.2) is 11.6 Å². The van der Waals surface area contributed by atoms with Crippen LogP contribution in [-0.4, -0.2) is 66.8 Å². The van der Waals surface area contributed by atoms with Crippen molar-refractivity contribution < 1.29 is 18.4 Å². The van der Waals surface area contributed by atoms with Gasteiger partial charge in [-0.3, -0.25) is 14.5 Å². The fourth-order valence-corrected chi connectivity index (χ4v) is 3.67. The molecule has 1 heterocycles. The second kappa shape index (κ2) is 10.7. The minimum absolute atomic E-state index is 0.0297. The van der Waals surface area contributed by atoms with E-state index in [1.807, 2.05) is 11.9 Å². The third-order valence-corrected chi connectivity index (χ3v) is 5.92. The van der Waals surface area contributed by atoms with Gasteiger partial charge in [-0.2, -0.15) is 0 Å². The number of benzene rings is 1. The van der Waals surface area contributed by atoms with E-state index in [0.29, 0.717) is 18.7 Å². The third kappa shape index (κ3) is 6.23. The molecule has 1 aromatic rings. The van der Waals surface area contributed by atoms with E-state index in [2.05, 4.69) is 11.8 Å². The number of carbonyl (C=O) groups is 2. The van der Waals surface area contributed by atoms with Crippen LogP contribution in [0.25, 0.3) is 0 Å². The second-order valence-corrected chi connectivity index (χ2v) is 8.02. The number of nitrogens with zero attached hydrogens (tertiary/aromatic N) is 3. The minimum Gasteiger partial charge on any atom is -0.346 e. The quantitative estimate of drug-likeness (QED) is 0.661. The van der Waals surface area contributed by atoms with Gasteiger partial charge in [-0.05, 0) is 57.0 Å². The molecule has 5 nitrogen and oxygen atoms in total. The predicted molar refractivity (Wildman–Crippen MR) is 109 cm³/mol. The lowest BCUT2D eigenvalue weighted by molar-refractivity contribution is -0.136. The summed E-state index contributed by atoms with van der Waals surface area (Å²) in [7, 11) is 3.54. The smallest absolute Gasteiger partial charge is 0.236 e. The van der Waals surface area contributed by atoms with Crippen molar-refractivity contribution in [1.29, 1.82) is 0 Å². The monoisotopic (exact) mass is 409 g/mol. The number of likely N-dealkylation sites (N-methyl/N-ethyl adjacent to an activating group) is 1. The summed E-state index contributed by atoms with van der Waals surface area (Å²) in [4.78, 5) is 30.6. The Morgan fingerprint density at radius 3 is 2.41 bits per heavy atom. The van der Waals surface area contributed by atoms with Crippen LogP contribution in [-0.2, 0) is 9.59 Å². The summed E-state index contributed by atoms with van der Waals surface area (Å²) in [5.74, 6) is -1.65. The van der Waals surface area contributed by atoms with E-state index in [1.165, 1.54) is 6.07 Å². The van der Waals surface area contributed by atoms with Gasteiger partial charge in [0, 0.05) is 26.6 Å². The first kappa shape index (κ1) is 23.3. The maximum atomic E-state index is 13.5. The molecule has 0 aliphatic carbocycles. The lowest BCUT2D eigenvalue weighted by Gasteiger charge is -2.34. The van der Waals surface area contributed by atoms with Gasteiger partial charge in [-0.1, -0.05) is 19.4 Å². The van der Waals surface area contributed by atoms with Crippen molar-refractivity contribution in [2.24, 2.45) is 5.92 Å². The van der Waals surface area contributed by atoms with E-state index in [9.17, 15) is 18.4 Å². The highest BCUT2D eigenvalue weighted by Crippen LogP contribution is 2.23. The first-order valence-corrected chi connectivity index (χ1v) is 10.4. The highest BCUT2D eigenvalue weighted by molar-refractivity contribution is 5.79. The van der Waals surface area contributed by atoms with Crippen molar-refractivity contribution in [2.75, 3.05) is 40.3 Å². The number of halogens is 2. The second-order valence-electron chi connectivity index (χ2n) is 8.02. The molecule has 1 aliphatic heterocycles. The number of carbonyl (C=O) groups excluding carboxylic acids is 2. The van der Waals surface area contributed by atoms with Crippen LogP contribution in [0.2, 0.25) is 0 Å². The van der Waals surface area contributed by atoms with Crippen molar-refractivity contribution in [3.8, 4) is 0 Å². The number of rotatable bonds is 8. The van der Waals surface area contributed by atoms with Crippen molar-refractivity contribution in [3.63, 3.8) is 0 Å². The molecule has 0 radical (unpaired) electrons. The molecule has 162 valence electrons. The number of piperidine rings is 1. The largest absolute Gasteiger partial charge is 0.346 e. The van der Waals surface area contributed by atoms with Crippen molar-refractivity contribution in [2.45, 2.75) is 45.6 Å². The van der Waals surface area contributed by atoms with Crippen LogP contribution in [0.5, 0.6) is 0 Å². The van der Waals surface area contributed by atoms with Crippen molar-refractivity contribution in [1.82, 2.24) is 14.7 Å². The predicted octanol–water partition coefficient (Wildman–Crippen LogP) is 3.45. The molecule has 1 atom stereocenters. The molecule has 1 saturated heterocycles. The maximum Gasteiger partial charge on any atom is 0.236 e. The molecule has 0 aromatic heterocycles. The van der Waals surface area contributed by atoms with Crippen LogP contribution in [0.3, 0.4) is 0 Å². The van der Waals surface area contributed by atoms with Crippen LogP contribution in [0.1, 0.15) is 51.1 Å². The van der Waals surface area contributed by atoms with E-state index >= 15 is 0 Å². The zero-order valence-corrected chi connectivity index (χ0v) is 18.0. The van der Waals surface area contributed by atoms with Crippen molar-refractivity contribution >= 4 is 11.8 Å². The SMILES string of the molecule is CCCCN(C)C(=O)C1CCN(CC(=O)N(C)C(C)c2ccc(F)c(F)c2)CC1. The Hall–Kier alpha value is -2.02. The van der Waals surface area contributed by atoms with E-state index in [4.69, 9.17) is 0 Å². The number of hydrogen-bond acceptors (Lipinski definition) is 3. The lowest BCUT2D eigenvalue weighted by Crippen LogP contribution is -2.45. The molecule has 0 saturated carbocycles. The lowest BCUT2D eigenvalue weighted by atomic mass is 9.95. The molecule has 29 heavy (non-hydrogen) atoms. The minimum atomic E-state index is -0.911. The first-order valence-electron chi connectivity index (χ1n) is 10.4. The number of likely N-dealkylation sites (tertiary alicyclic amines) is 1. The summed E-state index contributed by atoms with van der Waals surface area (Å²) in [6.45, 7) is 6.37. The summed E-state index contributed by atoms with van der Waals surface area (Å²) >= 11 is 0. The van der Waals surface area contributed by atoms with E-state index in [1.54, 1.807) is 18.9 Å². The molecule has 0 N–H and O–H groups in total. The Bertz CT molecular complexity index is 705. The van der Waals surface area contributed by atoms with Crippen LogP contribution in [0.15, 0.2) is 18.2 Å². The molecule has 7 heteroatoms. The highest BCUT2D eigenvalue weighted by atomic mass is 19.2. The molecule has 0 bridgehead atoms. The van der Waals surface area contributed by atoms with E-state index in [-0.39, 0.29) is 30.3 Å². The van der Waals surface area contributed by atoms with Gasteiger partial charge in [0.1, 0.15) is 0 Å². The van der Waals surface area contributed by atoms with Gasteiger partial charge >= 0.3 is 0 Å². The first-order chi connectivity index (χ1) is 13.7. The summed E-state index contributed by atoms with van der Waals surface area (Å²) in [6.07, 6.45) is 3.59. The molecule has 0 spiro atoms. The molecule has 2 rings (SSSR count). The fraction of sp³-hybridized carbons (Fsp3) is 0.636. The van der Waals surface area contributed by atoms with Gasteiger partial charge in [-0.25, -0.2) is 8.78 Å². The van der Waals surface area contributed by atoms with Crippen molar-refractivity contribution in [3.05, 3.63) is 35.4 Å². The number of unbranched alkanes of at least 4 members (excludes halogenated alkanes) is 1. The Labute approximate surface area is 172 Å². The molecular formula is C22H33F2N3O2. The Balaban J connectivity index is 1.84. The van der Waals surface area contributed by atoms with E-state index < -0.39 is 11.6 Å². The number of amides is 2. The molecule has 1 aromatic carbocycles. The molecule has 1 aliphatic rings. The van der Waals surface area contributed by atoms with Crippen LogP contribution in [0.4, 0.5) is 8.78 Å². The molecular weight excluding hydrogens is 376 g/mol. The van der Waals surface area contributed by atoms with Gasteiger partial charge in [-0.15, -0.1) is 0 Å². The average molecular weight is 410 g/mol. The van der Waals surface area contributed by atoms with Crippen LogP contribution in [0, 0.1) is 17.6 Å². The summed E-state index contributed by atoms with van der Waals surface area (Å²) < 4.78 is 26.6. The normalized spacial score (nSPS) is 16.5.